The van der Waals surface area contributed by atoms with Gasteiger partial charge in [-0.05, 0) is 50.5 Å². The summed E-state index contributed by atoms with van der Waals surface area (Å²) in [6.07, 6.45) is 12.5. The van der Waals surface area contributed by atoms with Crippen molar-refractivity contribution in [2.75, 3.05) is 0 Å². The van der Waals surface area contributed by atoms with Gasteiger partial charge < -0.3 is 0 Å². The molecule has 0 aliphatic heterocycles. The second-order valence-electron chi connectivity index (χ2n) is 4.85. The van der Waals surface area contributed by atoms with Crippen LogP contribution in [-0.2, 0) is 4.79 Å². The van der Waals surface area contributed by atoms with E-state index in [4.69, 9.17) is 0 Å². The lowest BCUT2D eigenvalue weighted by atomic mass is 9.92. The van der Waals surface area contributed by atoms with Crippen LogP contribution in [0, 0.1) is 5.92 Å². The molecule has 0 heterocycles. The molecule has 0 radical (unpaired) electrons. The van der Waals surface area contributed by atoms with Gasteiger partial charge in [-0.25, -0.2) is 0 Å². The smallest absolute Gasteiger partial charge is 0.161 e. The highest BCUT2D eigenvalue weighted by Crippen LogP contribution is 2.28. The summed E-state index contributed by atoms with van der Waals surface area (Å²) in [5.74, 6) is 0.610. The molecule has 0 aromatic heterocycles. The van der Waals surface area contributed by atoms with Gasteiger partial charge in [0.2, 0.25) is 0 Å². The van der Waals surface area contributed by atoms with Gasteiger partial charge in [0.25, 0.3) is 0 Å². The van der Waals surface area contributed by atoms with E-state index in [1.807, 2.05) is 0 Å². The van der Waals surface area contributed by atoms with E-state index < -0.39 is 0 Å². The third kappa shape index (κ3) is 2.58. The van der Waals surface area contributed by atoms with E-state index in [1.54, 1.807) is 0 Å². The van der Waals surface area contributed by atoms with Gasteiger partial charge in [-0.15, -0.1) is 0 Å². The van der Waals surface area contributed by atoms with Gasteiger partial charge in [0.1, 0.15) is 0 Å². The third-order valence-electron chi connectivity index (χ3n) is 3.51. The Morgan fingerprint density at radius 1 is 1.27 bits per heavy atom. The zero-order valence-corrected chi connectivity index (χ0v) is 9.59. The predicted molar refractivity (Wildman–Crippen MR) is 62.7 cm³/mol. The number of carbonyl (C=O) groups excluding carboxylic acids is 1. The van der Waals surface area contributed by atoms with E-state index in [9.17, 15) is 4.79 Å². The molecule has 2 aliphatic rings. The van der Waals surface area contributed by atoms with Crippen LogP contribution in [0.15, 0.2) is 23.3 Å². The number of hydrogen-bond donors (Lipinski definition) is 0. The molecule has 0 N–H and O–H groups in total. The highest BCUT2D eigenvalue weighted by Gasteiger charge is 2.21. The molecule has 0 saturated carbocycles. The van der Waals surface area contributed by atoms with Crippen LogP contribution in [0.2, 0.25) is 0 Å². The molecular formula is C14H20O. The van der Waals surface area contributed by atoms with E-state index in [2.05, 4.69) is 19.1 Å². The molecule has 1 atom stereocenters. The molecule has 2 rings (SSSR count). The monoisotopic (exact) mass is 204 g/mol. The molecule has 0 fully saturated rings. The summed E-state index contributed by atoms with van der Waals surface area (Å²) in [4.78, 5) is 12.0. The summed E-state index contributed by atoms with van der Waals surface area (Å²) in [6, 6.07) is 0. The Labute approximate surface area is 92.3 Å². The topological polar surface area (TPSA) is 17.1 Å². The predicted octanol–water partition coefficient (Wildman–Crippen LogP) is 3.80. The second-order valence-corrected chi connectivity index (χ2v) is 4.85. The van der Waals surface area contributed by atoms with Crippen LogP contribution in [0.25, 0.3) is 0 Å². The highest BCUT2D eigenvalue weighted by atomic mass is 16.1. The maximum atomic E-state index is 12.0. The largest absolute Gasteiger partial charge is 0.294 e. The molecule has 1 heteroatoms. The lowest BCUT2D eigenvalue weighted by molar-refractivity contribution is -0.118. The Balaban J connectivity index is 1.89. The Bertz CT molecular complexity index is 309. The van der Waals surface area contributed by atoms with Crippen molar-refractivity contribution in [1.29, 1.82) is 0 Å². The van der Waals surface area contributed by atoms with Crippen LogP contribution in [0.1, 0.15) is 51.9 Å². The van der Waals surface area contributed by atoms with Crippen LogP contribution in [-0.4, -0.2) is 5.78 Å². The minimum atomic E-state index is 0.207. The first-order valence-corrected chi connectivity index (χ1v) is 6.18. The van der Waals surface area contributed by atoms with Crippen molar-refractivity contribution < 1.29 is 4.79 Å². The fraction of sp³-hybridized carbons (Fsp3) is 0.643. The van der Waals surface area contributed by atoms with Gasteiger partial charge in [0.15, 0.2) is 5.78 Å². The summed E-state index contributed by atoms with van der Waals surface area (Å²) in [7, 11) is 0. The molecule has 0 aromatic rings. The molecule has 82 valence electrons. The Hall–Kier alpha value is -0.850. The Morgan fingerprint density at radius 3 is 2.60 bits per heavy atom. The van der Waals surface area contributed by atoms with E-state index in [1.165, 1.54) is 31.3 Å². The van der Waals surface area contributed by atoms with E-state index in [0.717, 1.165) is 24.8 Å². The second kappa shape index (κ2) is 4.78. The van der Waals surface area contributed by atoms with Crippen molar-refractivity contribution in [2.45, 2.75) is 51.9 Å². The SMILES string of the molecule is CC(CC1=CCCC1)C(=O)C1=CCCC1. The van der Waals surface area contributed by atoms with Crippen LogP contribution >= 0.6 is 0 Å². The number of allylic oxidation sites excluding steroid dienone is 4. The van der Waals surface area contributed by atoms with Crippen molar-refractivity contribution in [1.82, 2.24) is 0 Å². The molecular weight excluding hydrogens is 184 g/mol. The van der Waals surface area contributed by atoms with Gasteiger partial charge in [0, 0.05) is 5.92 Å². The van der Waals surface area contributed by atoms with Crippen LogP contribution in [0.3, 0.4) is 0 Å². The van der Waals surface area contributed by atoms with Gasteiger partial charge in [-0.1, -0.05) is 24.6 Å². The summed E-state index contributed by atoms with van der Waals surface area (Å²) in [6.45, 7) is 2.08. The standard InChI is InChI=1S/C14H20O/c1-11(10-12-6-2-3-7-12)14(15)13-8-4-5-9-13/h6,8,11H,2-5,7,9-10H2,1H3. The van der Waals surface area contributed by atoms with Crippen LogP contribution in [0.4, 0.5) is 0 Å². The number of rotatable bonds is 4. The molecule has 0 spiro atoms. The normalized spacial score (nSPS) is 22.5. The zero-order valence-electron chi connectivity index (χ0n) is 9.59. The molecule has 0 saturated heterocycles. The first kappa shape index (κ1) is 10.7. The lowest BCUT2D eigenvalue weighted by Crippen LogP contribution is -2.13. The van der Waals surface area contributed by atoms with Crippen LogP contribution in [0.5, 0.6) is 0 Å². The molecule has 0 amide bonds. The Morgan fingerprint density at radius 2 is 2.00 bits per heavy atom. The van der Waals surface area contributed by atoms with E-state index in [0.29, 0.717) is 5.78 Å². The average molecular weight is 204 g/mol. The molecule has 1 unspecified atom stereocenters. The fourth-order valence-electron chi connectivity index (χ4n) is 2.62. The molecule has 0 aromatic carbocycles. The zero-order chi connectivity index (χ0) is 10.7. The van der Waals surface area contributed by atoms with Crippen molar-refractivity contribution in [3.8, 4) is 0 Å². The highest BCUT2D eigenvalue weighted by molar-refractivity contribution is 5.97. The number of Topliss-reactive ketones (excluding diaryl/α,β-unsaturated/α-hetero) is 1. The third-order valence-corrected chi connectivity index (χ3v) is 3.51. The number of carbonyl (C=O) groups is 1. The summed E-state index contributed by atoms with van der Waals surface area (Å²) >= 11 is 0. The average Bonchev–Trinajstić information content (AvgIpc) is 2.88. The van der Waals surface area contributed by atoms with Gasteiger partial charge in [0.05, 0.1) is 0 Å². The van der Waals surface area contributed by atoms with Crippen LogP contribution < -0.4 is 0 Å². The summed E-state index contributed by atoms with van der Waals surface area (Å²) in [5, 5.41) is 0. The molecule has 2 aliphatic carbocycles. The fourth-order valence-corrected chi connectivity index (χ4v) is 2.62. The maximum absolute atomic E-state index is 12.0. The number of hydrogen-bond acceptors (Lipinski definition) is 1. The summed E-state index contributed by atoms with van der Waals surface area (Å²) < 4.78 is 0. The maximum Gasteiger partial charge on any atom is 0.161 e. The lowest BCUT2D eigenvalue weighted by Gasteiger charge is -2.11. The minimum absolute atomic E-state index is 0.207. The quantitative estimate of drug-likeness (QED) is 0.636. The summed E-state index contributed by atoms with van der Waals surface area (Å²) in [5.41, 5.74) is 2.61. The number of ketones is 1. The van der Waals surface area contributed by atoms with E-state index >= 15 is 0 Å². The van der Waals surface area contributed by atoms with Gasteiger partial charge in [-0.2, -0.15) is 0 Å². The van der Waals surface area contributed by atoms with Gasteiger partial charge >= 0.3 is 0 Å². The van der Waals surface area contributed by atoms with E-state index in [-0.39, 0.29) is 5.92 Å². The van der Waals surface area contributed by atoms with Crippen molar-refractivity contribution in [3.63, 3.8) is 0 Å². The first-order chi connectivity index (χ1) is 7.27. The first-order valence-electron chi connectivity index (χ1n) is 6.18. The molecule has 15 heavy (non-hydrogen) atoms. The molecule has 0 bridgehead atoms. The van der Waals surface area contributed by atoms with Crippen molar-refractivity contribution in [3.05, 3.63) is 23.3 Å². The Kier molecular flexibility index (Phi) is 3.40. The van der Waals surface area contributed by atoms with Gasteiger partial charge in [-0.3, -0.25) is 4.79 Å². The molecule has 1 nitrogen and oxygen atoms in total. The minimum Gasteiger partial charge on any atom is -0.294 e. The van der Waals surface area contributed by atoms with Crippen molar-refractivity contribution in [2.24, 2.45) is 5.92 Å². The van der Waals surface area contributed by atoms with Crippen molar-refractivity contribution >= 4 is 5.78 Å².